The highest BCUT2D eigenvalue weighted by atomic mass is 16.5. The van der Waals surface area contributed by atoms with Crippen LogP contribution in [0.25, 0.3) is 11.3 Å². The molecule has 0 unspecified atom stereocenters. The number of anilines is 1. The summed E-state index contributed by atoms with van der Waals surface area (Å²) in [5.74, 6) is 1.64. The zero-order chi connectivity index (χ0) is 16.8. The molecule has 0 spiro atoms. The van der Waals surface area contributed by atoms with Gasteiger partial charge in [0.15, 0.2) is 5.82 Å². The average Bonchev–Trinajstić information content (AvgIpc) is 2.64. The summed E-state index contributed by atoms with van der Waals surface area (Å²) in [7, 11) is 1.67. The van der Waals surface area contributed by atoms with Crippen molar-refractivity contribution in [1.82, 2.24) is 15.1 Å². The van der Waals surface area contributed by atoms with E-state index in [4.69, 9.17) is 9.47 Å². The van der Waals surface area contributed by atoms with Crippen molar-refractivity contribution >= 4 is 5.82 Å². The third-order valence-electron chi connectivity index (χ3n) is 4.19. The molecule has 2 heterocycles. The summed E-state index contributed by atoms with van der Waals surface area (Å²) in [5.41, 5.74) is 2.85. The van der Waals surface area contributed by atoms with Crippen LogP contribution in [-0.2, 0) is 4.74 Å². The Bertz CT molecular complexity index is 672. The van der Waals surface area contributed by atoms with Gasteiger partial charge in [0, 0.05) is 31.7 Å². The quantitative estimate of drug-likeness (QED) is 0.877. The summed E-state index contributed by atoms with van der Waals surface area (Å²) < 4.78 is 10.8. The van der Waals surface area contributed by atoms with E-state index in [-0.39, 0.29) is 0 Å². The van der Waals surface area contributed by atoms with E-state index in [0.717, 1.165) is 67.8 Å². The van der Waals surface area contributed by atoms with Gasteiger partial charge in [0.2, 0.25) is 0 Å². The highest BCUT2D eigenvalue weighted by Gasteiger charge is 2.11. The van der Waals surface area contributed by atoms with Crippen LogP contribution in [0.5, 0.6) is 5.75 Å². The van der Waals surface area contributed by atoms with Gasteiger partial charge in [-0.05, 0) is 30.7 Å². The first-order valence-corrected chi connectivity index (χ1v) is 8.29. The summed E-state index contributed by atoms with van der Waals surface area (Å²) in [5, 5.41) is 12.1. The predicted octanol–water partition coefficient (Wildman–Crippen LogP) is 2.20. The van der Waals surface area contributed by atoms with Crippen LogP contribution in [0.2, 0.25) is 0 Å². The maximum absolute atomic E-state index is 5.40. The fourth-order valence-electron chi connectivity index (χ4n) is 2.80. The van der Waals surface area contributed by atoms with E-state index in [1.54, 1.807) is 7.11 Å². The molecule has 24 heavy (non-hydrogen) atoms. The molecular weight excluding hydrogens is 304 g/mol. The number of methoxy groups -OCH3 is 1. The number of rotatable bonds is 6. The highest BCUT2D eigenvalue weighted by Crippen LogP contribution is 2.29. The van der Waals surface area contributed by atoms with Crippen LogP contribution in [0.15, 0.2) is 30.3 Å². The van der Waals surface area contributed by atoms with Gasteiger partial charge in [0.25, 0.3) is 0 Å². The topological polar surface area (TPSA) is 59.5 Å². The molecule has 0 amide bonds. The molecule has 1 aliphatic heterocycles. The number of hydrogen-bond acceptors (Lipinski definition) is 6. The lowest BCUT2D eigenvalue weighted by Gasteiger charge is -2.26. The van der Waals surface area contributed by atoms with E-state index < -0.39 is 0 Å². The Morgan fingerprint density at radius 3 is 2.75 bits per heavy atom. The fourth-order valence-corrected chi connectivity index (χ4v) is 2.80. The Kier molecular flexibility index (Phi) is 5.61. The Hall–Kier alpha value is -2.18. The van der Waals surface area contributed by atoms with Crippen molar-refractivity contribution in [3.63, 3.8) is 0 Å². The van der Waals surface area contributed by atoms with Gasteiger partial charge in [-0.2, -0.15) is 0 Å². The maximum Gasteiger partial charge on any atom is 0.151 e. The minimum atomic E-state index is 0.805. The second kappa shape index (κ2) is 8.08. The van der Waals surface area contributed by atoms with Crippen molar-refractivity contribution < 1.29 is 9.47 Å². The van der Waals surface area contributed by atoms with Crippen molar-refractivity contribution in [2.75, 3.05) is 51.8 Å². The lowest BCUT2D eigenvalue weighted by Crippen LogP contribution is -2.39. The molecule has 0 bridgehead atoms. The molecule has 0 saturated carbocycles. The number of nitrogens with zero attached hydrogens (tertiary/aromatic N) is 3. The summed E-state index contributed by atoms with van der Waals surface area (Å²) in [4.78, 5) is 2.39. The normalized spacial score (nSPS) is 15.2. The number of nitrogens with one attached hydrogen (secondary N) is 1. The third-order valence-corrected chi connectivity index (χ3v) is 4.19. The molecule has 1 fully saturated rings. The maximum atomic E-state index is 5.40. The highest BCUT2D eigenvalue weighted by molar-refractivity contribution is 5.68. The third kappa shape index (κ3) is 4.01. The van der Waals surface area contributed by atoms with Crippen LogP contribution < -0.4 is 10.1 Å². The van der Waals surface area contributed by atoms with Crippen LogP contribution in [0.4, 0.5) is 5.82 Å². The Labute approximate surface area is 142 Å². The van der Waals surface area contributed by atoms with E-state index in [9.17, 15) is 0 Å². The Morgan fingerprint density at radius 2 is 2.00 bits per heavy atom. The van der Waals surface area contributed by atoms with E-state index in [2.05, 4.69) is 20.4 Å². The van der Waals surface area contributed by atoms with Gasteiger partial charge in [0.05, 0.1) is 26.0 Å². The zero-order valence-corrected chi connectivity index (χ0v) is 14.3. The molecule has 1 aliphatic rings. The molecule has 2 aromatic rings. The first-order valence-electron chi connectivity index (χ1n) is 8.29. The first-order chi connectivity index (χ1) is 11.8. The molecule has 0 aliphatic carbocycles. The summed E-state index contributed by atoms with van der Waals surface area (Å²) >= 11 is 0. The minimum Gasteiger partial charge on any atom is -0.496 e. The lowest BCUT2D eigenvalue weighted by molar-refractivity contribution is 0.0398. The van der Waals surface area contributed by atoms with E-state index in [1.165, 1.54) is 0 Å². The molecule has 1 aromatic carbocycles. The average molecular weight is 328 g/mol. The van der Waals surface area contributed by atoms with Gasteiger partial charge in [-0.1, -0.05) is 12.1 Å². The molecule has 128 valence electrons. The van der Waals surface area contributed by atoms with Gasteiger partial charge >= 0.3 is 0 Å². The number of morpholine rings is 1. The molecule has 1 saturated heterocycles. The van der Waals surface area contributed by atoms with Gasteiger partial charge in [-0.15, -0.1) is 10.2 Å². The Balaban J connectivity index is 1.64. The predicted molar refractivity (Wildman–Crippen MR) is 94.5 cm³/mol. The minimum absolute atomic E-state index is 0.805. The van der Waals surface area contributed by atoms with Crippen LogP contribution in [0.3, 0.4) is 0 Å². The monoisotopic (exact) mass is 328 g/mol. The lowest BCUT2D eigenvalue weighted by atomic mass is 10.1. The molecule has 1 aromatic heterocycles. The second-order valence-corrected chi connectivity index (χ2v) is 5.84. The molecule has 6 nitrogen and oxygen atoms in total. The molecular formula is C18H24N4O2. The van der Waals surface area contributed by atoms with Crippen LogP contribution >= 0.6 is 0 Å². The van der Waals surface area contributed by atoms with Crippen molar-refractivity contribution in [1.29, 1.82) is 0 Å². The van der Waals surface area contributed by atoms with Crippen LogP contribution in [0.1, 0.15) is 5.56 Å². The SMILES string of the molecule is COc1ccccc1-c1cc(C)c(NCCN2CCOCC2)nn1. The van der Waals surface area contributed by atoms with Crippen molar-refractivity contribution in [3.8, 4) is 17.0 Å². The van der Waals surface area contributed by atoms with Gasteiger partial charge in [-0.25, -0.2) is 0 Å². The van der Waals surface area contributed by atoms with Crippen LogP contribution in [0, 0.1) is 6.92 Å². The number of para-hydroxylation sites is 1. The molecule has 3 rings (SSSR count). The Morgan fingerprint density at radius 1 is 1.21 bits per heavy atom. The van der Waals surface area contributed by atoms with Crippen molar-refractivity contribution in [3.05, 3.63) is 35.9 Å². The van der Waals surface area contributed by atoms with Gasteiger partial charge in [-0.3, -0.25) is 4.90 Å². The number of ether oxygens (including phenoxy) is 2. The smallest absolute Gasteiger partial charge is 0.151 e. The number of benzene rings is 1. The number of aromatic nitrogens is 2. The largest absolute Gasteiger partial charge is 0.496 e. The van der Waals surface area contributed by atoms with Gasteiger partial charge in [0.1, 0.15) is 5.75 Å². The molecule has 0 radical (unpaired) electrons. The fraction of sp³-hybridized carbons (Fsp3) is 0.444. The molecule has 1 N–H and O–H groups in total. The number of hydrogen-bond donors (Lipinski definition) is 1. The van der Waals surface area contributed by atoms with Crippen molar-refractivity contribution in [2.45, 2.75) is 6.92 Å². The van der Waals surface area contributed by atoms with E-state index >= 15 is 0 Å². The van der Waals surface area contributed by atoms with Gasteiger partial charge < -0.3 is 14.8 Å². The van der Waals surface area contributed by atoms with E-state index in [0.29, 0.717) is 0 Å². The zero-order valence-electron chi connectivity index (χ0n) is 14.3. The van der Waals surface area contributed by atoms with Crippen molar-refractivity contribution in [2.24, 2.45) is 0 Å². The summed E-state index contributed by atoms with van der Waals surface area (Å²) in [6.07, 6.45) is 0. The summed E-state index contributed by atoms with van der Waals surface area (Å²) in [6.45, 7) is 7.53. The molecule has 6 heteroatoms. The number of aryl methyl sites for hydroxylation is 1. The summed E-state index contributed by atoms with van der Waals surface area (Å²) in [6, 6.07) is 9.89. The molecule has 0 atom stereocenters. The second-order valence-electron chi connectivity index (χ2n) is 5.84. The first kappa shape index (κ1) is 16.7. The van der Waals surface area contributed by atoms with Crippen LogP contribution in [-0.4, -0.2) is 61.6 Å². The van der Waals surface area contributed by atoms with E-state index in [1.807, 2.05) is 37.3 Å². The standard InChI is InChI=1S/C18H24N4O2/c1-14-13-16(15-5-3-4-6-17(15)23-2)20-21-18(14)19-7-8-22-9-11-24-12-10-22/h3-6,13H,7-12H2,1-2H3,(H,19,21).